The highest BCUT2D eigenvalue weighted by atomic mass is 19.4. The predicted octanol–water partition coefficient (Wildman–Crippen LogP) is 5.44. The van der Waals surface area contributed by atoms with Gasteiger partial charge in [-0.2, -0.15) is 18.3 Å². The third kappa shape index (κ3) is 2.77. The molecule has 25 heavy (non-hydrogen) atoms. The zero-order valence-electron chi connectivity index (χ0n) is 12.6. The molecule has 4 rings (SSSR count). The van der Waals surface area contributed by atoms with Gasteiger partial charge in [0.15, 0.2) is 0 Å². The third-order valence-electron chi connectivity index (χ3n) is 3.81. The van der Waals surface area contributed by atoms with Gasteiger partial charge in [-0.25, -0.2) is 9.07 Å². The zero-order valence-corrected chi connectivity index (χ0v) is 12.6. The minimum Gasteiger partial charge on any atom is -0.456 e. The molecule has 0 aliphatic carbocycles. The van der Waals surface area contributed by atoms with Crippen LogP contribution in [-0.2, 0) is 6.18 Å². The summed E-state index contributed by atoms with van der Waals surface area (Å²) >= 11 is 0. The monoisotopic (exact) mass is 346 g/mol. The summed E-state index contributed by atoms with van der Waals surface area (Å²) in [5.74, 6) is -0.299. The molecule has 0 amide bonds. The Hall–Kier alpha value is -3.09. The van der Waals surface area contributed by atoms with Crippen LogP contribution in [0.25, 0.3) is 28.0 Å². The summed E-state index contributed by atoms with van der Waals surface area (Å²) in [7, 11) is 0. The SMILES string of the molecule is Fc1ccc(C(F)(F)F)cc1-n1cc(-c2cc3ccccc3o2)cn1. The van der Waals surface area contributed by atoms with Gasteiger partial charge >= 0.3 is 6.18 Å². The van der Waals surface area contributed by atoms with Crippen molar-refractivity contribution in [3.8, 4) is 17.0 Å². The molecule has 2 heterocycles. The first-order valence-corrected chi connectivity index (χ1v) is 7.32. The molecule has 4 aromatic rings. The highest BCUT2D eigenvalue weighted by Crippen LogP contribution is 2.32. The number of halogens is 4. The summed E-state index contributed by atoms with van der Waals surface area (Å²) in [5.41, 5.74) is -0.00890. The summed E-state index contributed by atoms with van der Waals surface area (Å²) in [5, 5.41) is 4.85. The molecule has 0 N–H and O–H groups in total. The second-order valence-electron chi connectivity index (χ2n) is 5.49. The van der Waals surface area contributed by atoms with E-state index >= 15 is 0 Å². The van der Waals surface area contributed by atoms with Crippen LogP contribution in [0.4, 0.5) is 17.6 Å². The molecule has 0 spiro atoms. The number of furan rings is 1. The van der Waals surface area contributed by atoms with Crippen LogP contribution in [0, 0.1) is 5.82 Å². The van der Waals surface area contributed by atoms with E-state index in [0.717, 1.165) is 22.2 Å². The maximum absolute atomic E-state index is 14.0. The molecule has 0 radical (unpaired) electrons. The summed E-state index contributed by atoms with van der Waals surface area (Å²) in [6.45, 7) is 0. The Morgan fingerprint density at radius 1 is 1.00 bits per heavy atom. The highest BCUT2D eigenvalue weighted by Gasteiger charge is 2.31. The fourth-order valence-electron chi connectivity index (χ4n) is 2.57. The highest BCUT2D eigenvalue weighted by molar-refractivity contribution is 5.82. The van der Waals surface area contributed by atoms with Crippen molar-refractivity contribution in [2.24, 2.45) is 0 Å². The van der Waals surface area contributed by atoms with Crippen molar-refractivity contribution in [2.45, 2.75) is 6.18 Å². The quantitative estimate of drug-likeness (QED) is 0.452. The lowest BCUT2D eigenvalue weighted by atomic mass is 10.2. The number of benzene rings is 2. The fraction of sp³-hybridized carbons (Fsp3) is 0.0556. The van der Waals surface area contributed by atoms with Crippen LogP contribution in [-0.4, -0.2) is 9.78 Å². The van der Waals surface area contributed by atoms with Crippen molar-refractivity contribution in [3.05, 3.63) is 72.3 Å². The smallest absolute Gasteiger partial charge is 0.416 e. The Balaban J connectivity index is 1.76. The van der Waals surface area contributed by atoms with E-state index in [9.17, 15) is 17.6 Å². The first-order chi connectivity index (χ1) is 11.9. The van der Waals surface area contributed by atoms with E-state index in [0.29, 0.717) is 23.0 Å². The molecule has 7 heteroatoms. The predicted molar refractivity (Wildman–Crippen MR) is 83.7 cm³/mol. The van der Waals surface area contributed by atoms with Crippen molar-refractivity contribution < 1.29 is 22.0 Å². The van der Waals surface area contributed by atoms with Gasteiger partial charge in [-0.1, -0.05) is 18.2 Å². The van der Waals surface area contributed by atoms with Gasteiger partial charge in [0.25, 0.3) is 0 Å². The molecule has 0 atom stereocenters. The average molecular weight is 346 g/mol. The number of hydrogen-bond donors (Lipinski definition) is 0. The van der Waals surface area contributed by atoms with E-state index in [1.807, 2.05) is 18.2 Å². The normalized spacial score (nSPS) is 12.0. The molecule has 0 aliphatic heterocycles. The Kier molecular flexibility index (Phi) is 3.38. The molecule has 2 aromatic heterocycles. The molecule has 3 nitrogen and oxygen atoms in total. The Morgan fingerprint density at radius 2 is 1.80 bits per heavy atom. The average Bonchev–Trinajstić information content (AvgIpc) is 3.20. The second kappa shape index (κ2) is 5.47. The van der Waals surface area contributed by atoms with Crippen molar-refractivity contribution in [3.63, 3.8) is 0 Å². The van der Waals surface area contributed by atoms with Crippen molar-refractivity contribution in [2.75, 3.05) is 0 Å². The second-order valence-corrected chi connectivity index (χ2v) is 5.49. The van der Waals surface area contributed by atoms with Gasteiger partial charge in [-0.15, -0.1) is 0 Å². The van der Waals surface area contributed by atoms with E-state index in [1.54, 1.807) is 12.1 Å². The van der Waals surface area contributed by atoms with E-state index in [-0.39, 0.29) is 5.69 Å². The van der Waals surface area contributed by atoms with Crippen LogP contribution in [0.15, 0.2) is 65.3 Å². The largest absolute Gasteiger partial charge is 0.456 e. The minimum absolute atomic E-state index is 0.280. The lowest BCUT2D eigenvalue weighted by molar-refractivity contribution is -0.137. The maximum atomic E-state index is 14.0. The number of alkyl halides is 3. The number of nitrogens with zero attached hydrogens (tertiary/aromatic N) is 2. The van der Waals surface area contributed by atoms with Gasteiger partial charge in [0, 0.05) is 11.6 Å². The molecule has 0 unspecified atom stereocenters. The Bertz CT molecular complexity index is 1030. The number of fused-ring (bicyclic) bond motifs is 1. The van der Waals surface area contributed by atoms with Gasteiger partial charge in [0.1, 0.15) is 22.8 Å². The first kappa shape index (κ1) is 15.4. The maximum Gasteiger partial charge on any atom is 0.416 e. The summed E-state index contributed by atoms with van der Waals surface area (Å²) in [4.78, 5) is 0. The Labute approximate surface area is 139 Å². The van der Waals surface area contributed by atoms with Gasteiger partial charge in [-0.05, 0) is 30.3 Å². The fourth-order valence-corrected chi connectivity index (χ4v) is 2.57. The summed E-state index contributed by atoms with van der Waals surface area (Å²) in [6.07, 6.45) is -1.72. The molecule has 0 fully saturated rings. The van der Waals surface area contributed by atoms with Crippen molar-refractivity contribution >= 4 is 11.0 Å². The number of hydrogen-bond acceptors (Lipinski definition) is 2. The van der Waals surface area contributed by atoms with Gasteiger partial charge < -0.3 is 4.42 Å². The third-order valence-corrected chi connectivity index (χ3v) is 3.81. The molecular formula is C18H10F4N2O. The van der Waals surface area contributed by atoms with Gasteiger partial charge in [-0.3, -0.25) is 0 Å². The van der Waals surface area contributed by atoms with Crippen molar-refractivity contribution in [1.29, 1.82) is 0 Å². The molecule has 0 bridgehead atoms. The van der Waals surface area contributed by atoms with Crippen LogP contribution in [0.1, 0.15) is 5.56 Å². The number of rotatable bonds is 2. The van der Waals surface area contributed by atoms with Crippen LogP contribution >= 0.6 is 0 Å². The van der Waals surface area contributed by atoms with Gasteiger partial charge in [0.05, 0.1) is 17.3 Å². The number of aromatic nitrogens is 2. The van der Waals surface area contributed by atoms with Crippen LogP contribution in [0.3, 0.4) is 0 Å². The molecular weight excluding hydrogens is 336 g/mol. The lowest BCUT2D eigenvalue weighted by Crippen LogP contribution is -2.07. The molecule has 126 valence electrons. The van der Waals surface area contributed by atoms with Crippen LogP contribution in [0.2, 0.25) is 0 Å². The molecule has 2 aromatic carbocycles. The standard InChI is InChI=1S/C18H10F4N2O/c19-14-6-5-13(18(20,21)22)8-15(14)24-10-12(9-23-24)17-7-11-3-1-2-4-16(11)25-17/h1-10H. The van der Waals surface area contributed by atoms with E-state index in [4.69, 9.17) is 4.42 Å². The zero-order chi connectivity index (χ0) is 17.6. The van der Waals surface area contributed by atoms with Crippen molar-refractivity contribution in [1.82, 2.24) is 9.78 Å². The molecule has 0 saturated carbocycles. The molecule has 0 aliphatic rings. The van der Waals surface area contributed by atoms with Gasteiger partial charge in [0.2, 0.25) is 0 Å². The van der Waals surface area contributed by atoms with E-state index < -0.39 is 17.6 Å². The summed E-state index contributed by atoms with van der Waals surface area (Å²) < 4.78 is 59.2. The lowest BCUT2D eigenvalue weighted by Gasteiger charge is -2.09. The van der Waals surface area contributed by atoms with Crippen LogP contribution < -0.4 is 0 Å². The van der Waals surface area contributed by atoms with Crippen LogP contribution in [0.5, 0.6) is 0 Å². The van der Waals surface area contributed by atoms with E-state index in [2.05, 4.69) is 5.10 Å². The topological polar surface area (TPSA) is 31.0 Å². The minimum atomic E-state index is -4.56. The Morgan fingerprint density at radius 3 is 2.56 bits per heavy atom. The van der Waals surface area contributed by atoms with E-state index in [1.165, 1.54) is 12.4 Å². The first-order valence-electron chi connectivity index (χ1n) is 7.32. The summed E-state index contributed by atoms with van der Waals surface area (Å²) in [6, 6.07) is 11.4. The number of para-hydroxylation sites is 1. The molecule has 0 saturated heterocycles.